The summed E-state index contributed by atoms with van der Waals surface area (Å²) in [6, 6.07) is 19.9. The van der Waals surface area contributed by atoms with Gasteiger partial charge in [0.15, 0.2) is 5.78 Å². The van der Waals surface area contributed by atoms with E-state index in [9.17, 15) is 4.79 Å². The first-order valence-corrected chi connectivity index (χ1v) is 9.58. The first kappa shape index (κ1) is 17.6. The number of rotatable bonds is 5. The fourth-order valence-corrected chi connectivity index (χ4v) is 3.98. The summed E-state index contributed by atoms with van der Waals surface area (Å²) in [6.07, 6.45) is 3.56. The number of benzene rings is 2. The predicted molar refractivity (Wildman–Crippen MR) is 111 cm³/mol. The van der Waals surface area contributed by atoms with E-state index in [1.165, 1.54) is 0 Å². The Morgan fingerprint density at radius 3 is 2.74 bits per heavy atom. The van der Waals surface area contributed by atoms with Gasteiger partial charge in [-0.15, -0.1) is 6.58 Å². The van der Waals surface area contributed by atoms with E-state index in [4.69, 9.17) is 4.98 Å². The van der Waals surface area contributed by atoms with Crippen molar-refractivity contribution in [3.63, 3.8) is 0 Å². The van der Waals surface area contributed by atoms with Crippen molar-refractivity contribution in [1.82, 2.24) is 10.3 Å². The first-order valence-electron chi connectivity index (χ1n) is 9.58. The number of pyridine rings is 1. The molecule has 2 atom stereocenters. The smallest absolute Gasteiger partial charge is 0.163 e. The molecule has 27 heavy (non-hydrogen) atoms. The maximum atomic E-state index is 13.3. The summed E-state index contributed by atoms with van der Waals surface area (Å²) in [7, 11) is 0. The van der Waals surface area contributed by atoms with E-state index in [0.717, 1.165) is 47.2 Å². The Morgan fingerprint density at radius 1 is 1.15 bits per heavy atom. The summed E-state index contributed by atoms with van der Waals surface area (Å²) < 4.78 is 0. The largest absolute Gasteiger partial charge is 0.316 e. The zero-order valence-corrected chi connectivity index (χ0v) is 15.4. The second kappa shape index (κ2) is 7.85. The number of aromatic nitrogens is 1. The number of para-hydroxylation sites is 1. The van der Waals surface area contributed by atoms with Gasteiger partial charge in [0.25, 0.3) is 0 Å². The molecular formula is C24H24N2O. The van der Waals surface area contributed by atoms with Crippen LogP contribution in [0, 0.1) is 11.8 Å². The van der Waals surface area contributed by atoms with Crippen molar-refractivity contribution in [3.8, 4) is 11.3 Å². The van der Waals surface area contributed by atoms with E-state index in [2.05, 4.69) is 11.9 Å². The molecule has 0 bridgehead atoms. The van der Waals surface area contributed by atoms with Gasteiger partial charge in [-0.05, 0) is 36.9 Å². The number of nitrogens with zero attached hydrogens (tertiary/aromatic N) is 1. The predicted octanol–water partition coefficient (Wildman–Crippen LogP) is 4.89. The van der Waals surface area contributed by atoms with Crippen LogP contribution in [0.3, 0.4) is 0 Å². The van der Waals surface area contributed by atoms with Crippen molar-refractivity contribution >= 4 is 16.7 Å². The van der Waals surface area contributed by atoms with Crippen LogP contribution < -0.4 is 5.32 Å². The van der Waals surface area contributed by atoms with Gasteiger partial charge in [0.2, 0.25) is 0 Å². The lowest BCUT2D eigenvalue weighted by atomic mass is 9.81. The van der Waals surface area contributed by atoms with Crippen LogP contribution in [0.2, 0.25) is 0 Å². The van der Waals surface area contributed by atoms with E-state index >= 15 is 0 Å². The van der Waals surface area contributed by atoms with Gasteiger partial charge >= 0.3 is 0 Å². The van der Waals surface area contributed by atoms with Gasteiger partial charge in [0.05, 0.1) is 11.2 Å². The Morgan fingerprint density at radius 2 is 1.93 bits per heavy atom. The fourth-order valence-electron chi connectivity index (χ4n) is 3.98. The third kappa shape index (κ3) is 3.69. The van der Waals surface area contributed by atoms with Gasteiger partial charge in [-0.3, -0.25) is 4.79 Å². The molecule has 1 aliphatic rings. The zero-order valence-electron chi connectivity index (χ0n) is 15.4. The zero-order chi connectivity index (χ0) is 18.6. The maximum Gasteiger partial charge on any atom is 0.163 e. The minimum atomic E-state index is 0.199. The lowest BCUT2D eigenvalue weighted by Gasteiger charge is -2.29. The molecule has 1 unspecified atom stereocenters. The van der Waals surface area contributed by atoms with Crippen molar-refractivity contribution in [2.45, 2.75) is 12.8 Å². The summed E-state index contributed by atoms with van der Waals surface area (Å²) in [5, 5.41) is 4.33. The van der Waals surface area contributed by atoms with E-state index in [1.807, 2.05) is 66.7 Å². The van der Waals surface area contributed by atoms with Crippen LogP contribution in [0.4, 0.5) is 0 Å². The van der Waals surface area contributed by atoms with Crippen LogP contribution in [0.1, 0.15) is 23.2 Å². The molecule has 3 aromatic rings. The SMILES string of the molecule is C=C[C@H]1CNCCC1CC(=O)c1cc(-c2ccccc2)nc2ccccc12. The highest BCUT2D eigenvalue weighted by atomic mass is 16.1. The number of hydrogen-bond acceptors (Lipinski definition) is 3. The summed E-state index contributed by atoms with van der Waals surface area (Å²) in [6.45, 7) is 5.83. The number of hydrogen-bond donors (Lipinski definition) is 1. The third-order valence-electron chi connectivity index (χ3n) is 5.51. The Hall–Kier alpha value is -2.78. The molecular weight excluding hydrogens is 332 g/mol. The number of ketones is 1. The molecule has 2 heterocycles. The Kier molecular flexibility index (Phi) is 5.12. The maximum absolute atomic E-state index is 13.3. The topological polar surface area (TPSA) is 42.0 Å². The molecule has 0 aliphatic carbocycles. The minimum absolute atomic E-state index is 0.199. The summed E-state index contributed by atoms with van der Waals surface area (Å²) >= 11 is 0. The molecule has 1 fully saturated rings. The highest BCUT2D eigenvalue weighted by Gasteiger charge is 2.26. The van der Waals surface area contributed by atoms with Crippen molar-refractivity contribution < 1.29 is 4.79 Å². The number of fused-ring (bicyclic) bond motifs is 1. The molecule has 4 rings (SSSR count). The Labute approximate surface area is 160 Å². The molecule has 2 aromatic carbocycles. The van der Waals surface area contributed by atoms with Crippen LogP contribution in [-0.4, -0.2) is 23.9 Å². The van der Waals surface area contributed by atoms with Gasteiger partial charge < -0.3 is 5.32 Å². The monoisotopic (exact) mass is 356 g/mol. The third-order valence-corrected chi connectivity index (χ3v) is 5.51. The molecule has 0 saturated carbocycles. The Bertz CT molecular complexity index is 965. The average Bonchev–Trinajstić information content (AvgIpc) is 2.74. The van der Waals surface area contributed by atoms with Gasteiger partial charge in [0, 0.05) is 29.5 Å². The second-order valence-electron chi connectivity index (χ2n) is 7.22. The van der Waals surface area contributed by atoms with Crippen molar-refractivity contribution in [3.05, 3.63) is 78.9 Å². The highest BCUT2D eigenvalue weighted by Crippen LogP contribution is 2.29. The lowest BCUT2D eigenvalue weighted by molar-refractivity contribution is 0.0941. The van der Waals surface area contributed by atoms with Crippen LogP contribution in [-0.2, 0) is 0 Å². The molecule has 0 amide bonds. The summed E-state index contributed by atoms with van der Waals surface area (Å²) in [5.41, 5.74) is 3.53. The summed E-state index contributed by atoms with van der Waals surface area (Å²) in [5.74, 6) is 0.900. The van der Waals surface area contributed by atoms with E-state index in [-0.39, 0.29) is 5.78 Å². The highest BCUT2D eigenvalue weighted by molar-refractivity contribution is 6.08. The van der Waals surface area contributed by atoms with E-state index in [1.54, 1.807) is 0 Å². The number of Topliss-reactive ketones (excluding diaryl/α,β-unsaturated/α-hetero) is 1. The number of piperidine rings is 1. The normalized spacial score (nSPS) is 19.7. The van der Waals surface area contributed by atoms with Crippen LogP contribution in [0.15, 0.2) is 73.3 Å². The average molecular weight is 356 g/mol. The van der Waals surface area contributed by atoms with Crippen LogP contribution >= 0.6 is 0 Å². The second-order valence-corrected chi connectivity index (χ2v) is 7.22. The molecule has 3 nitrogen and oxygen atoms in total. The van der Waals surface area contributed by atoms with Crippen LogP contribution in [0.25, 0.3) is 22.2 Å². The number of carbonyl (C=O) groups excluding carboxylic acids is 1. The molecule has 136 valence electrons. The molecule has 1 saturated heterocycles. The standard InChI is InChI=1S/C24H24N2O/c1-2-17-16-25-13-12-19(17)14-24(27)21-15-23(18-8-4-3-5-9-18)26-22-11-7-6-10-20(21)22/h2-11,15,17,19,25H,1,12-14,16H2/t17-,19?/m0/s1. The Balaban J connectivity index is 1.73. The van der Waals surface area contributed by atoms with Gasteiger partial charge in [-0.1, -0.05) is 54.6 Å². The van der Waals surface area contributed by atoms with Crippen LogP contribution in [0.5, 0.6) is 0 Å². The number of carbonyl (C=O) groups is 1. The van der Waals surface area contributed by atoms with E-state index in [0.29, 0.717) is 18.3 Å². The van der Waals surface area contributed by atoms with Gasteiger partial charge in [-0.2, -0.15) is 0 Å². The van der Waals surface area contributed by atoms with Crippen molar-refractivity contribution in [1.29, 1.82) is 0 Å². The molecule has 1 aliphatic heterocycles. The van der Waals surface area contributed by atoms with Crippen molar-refractivity contribution in [2.24, 2.45) is 11.8 Å². The first-order chi connectivity index (χ1) is 13.3. The lowest BCUT2D eigenvalue weighted by Crippen LogP contribution is -2.36. The van der Waals surface area contributed by atoms with E-state index < -0.39 is 0 Å². The van der Waals surface area contributed by atoms with Gasteiger partial charge in [-0.25, -0.2) is 4.98 Å². The van der Waals surface area contributed by atoms with Crippen molar-refractivity contribution in [2.75, 3.05) is 13.1 Å². The number of nitrogens with one attached hydrogen (secondary N) is 1. The van der Waals surface area contributed by atoms with Gasteiger partial charge in [0.1, 0.15) is 0 Å². The molecule has 1 aromatic heterocycles. The molecule has 0 spiro atoms. The summed E-state index contributed by atoms with van der Waals surface area (Å²) in [4.78, 5) is 18.1. The molecule has 3 heteroatoms. The quantitative estimate of drug-likeness (QED) is 0.523. The molecule has 0 radical (unpaired) electrons. The fraction of sp³-hybridized carbons (Fsp3) is 0.250. The minimum Gasteiger partial charge on any atom is -0.316 e. The molecule has 1 N–H and O–H groups in total.